The van der Waals surface area contributed by atoms with Crippen molar-refractivity contribution in [1.29, 1.82) is 0 Å². The lowest BCUT2D eigenvalue weighted by Crippen LogP contribution is -2.42. The smallest absolute Gasteiger partial charge is 0.239 e. The van der Waals surface area contributed by atoms with Crippen LogP contribution in [0.3, 0.4) is 0 Å². The van der Waals surface area contributed by atoms with Gasteiger partial charge < -0.3 is 10.2 Å². The number of benzene rings is 2. The third-order valence-corrected chi connectivity index (χ3v) is 15.2. The number of rotatable bonds is 8. The van der Waals surface area contributed by atoms with Crippen LogP contribution in [0.5, 0.6) is 0 Å². The van der Waals surface area contributed by atoms with Crippen molar-refractivity contribution in [2.45, 2.75) is 93.6 Å². The topological polar surface area (TPSA) is 32.3 Å². The van der Waals surface area contributed by atoms with Crippen LogP contribution in [0.2, 0.25) is 0 Å². The molecule has 2 aromatic rings. The number of carbonyl (C=O) groups excluding carboxylic acids is 1. The zero-order valence-corrected chi connectivity index (χ0v) is 23.8. The van der Waals surface area contributed by atoms with Gasteiger partial charge in [0.2, 0.25) is 5.91 Å². The van der Waals surface area contributed by atoms with Gasteiger partial charge in [-0.2, -0.15) is 0 Å². The number of nitrogens with zero attached hydrogens (tertiary/aromatic N) is 1. The standard InChI is InChI=1S/C31H44N2OP2/c1-33(24-35(25-14-6-2-7-15-25)26-16-8-3-9-17-26)31(34)30-22-29(23-32-30)36(27-18-10-4-11-19-27)28-20-12-5-13-21-28/h2-3,6-9,14-17,27-30,32H,4-5,10-13,18-24H2,1H3/t29-,30-/m1/s1. The first-order chi connectivity index (χ1) is 17.7. The summed E-state index contributed by atoms with van der Waals surface area (Å²) in [6.45, 7) is 1.06. The molecule has 1 saturated heterocycles. The normalized spacial score (nSPS) is 23.9. The molecule has 0 spiro atoms. The van der Waals surface area contributed by atoms with Crippen LogP contribution in [0.15, 0.2) is 60.7 Å². The summed E-state index contributed by atoms with van der Waals surface area (Å²) in [5.74, 6) is 0.305. The van der Waals surface area contributed by atoms with E-state index in [4.69, 9.17) is 0 Å². The maximum absolute atomic E-state index is 13.7. The number of amides is 1. The van der Waals surface area contributed by atoms with Crippen molar-refractivity contribution in [3.05, 3.63) is 60.7 Å². The lowest BCUT2D eigenvalue weighted by Gasteiger charge is -2.42. The Kier molecular flexibility index (Phi) is 9.51. The molecule has 1 heterocycles. The Morgan fingerprint density at radius 2 is 1.28 bits per heavy atom. The molecule has 2 saturated carbocycles. The largest absolute Gasteiger partial charge is 0.340 e. The highest BCUT2D eigenvalue weighted by Crippen LogP contribution is 2.60. The maximum Gasteiger partial charge on any atom is 0.239 e. The van der Waals surface area contributed by atoms with Gasteiger partial charge in [0.05, 0.1) is 6.04 Å². The van der Waals surface area contributed by atoms with Gasteiger partial charge in [-0.05, 0) is 67.6 Å². The molecule has 3 nitrogen and oxygen atoms in total. The van der Waals surface area contributed by atoms with Crippen LogP contribution in [0.25, 0.3) is 0 Å². The second-order valence-electron chi connectivity index (χ2n) is 11.2. The molecule has 0 radical (unpaired) electrons. The van der Waals surface area contributed by atoms with Crippen molar-refractivity contribution in [2.75, 3.05) is 19.9 Å². The van der Waals surface area contributed by atoms with E-state index in [2.05, 4.69) is 66.0 Å². The summed E-state index contributed by atoms with van der Waals surface area (Å²) in [7, 11) is 1.44. The maximum atomic E-state index is 13.7. The predicted molar refractivity (Wildman–Crippen MR) is 158 cm³/mol. The number of carbonyl (C=O) groups is 1. The Bertz CT molecular complexity index is 886. The zero-order chi connectivity index (χ0) is 24.7. The van der Waals surface area contributed by atoms with Crippen LogP contribution >= 0.6 is 15.8 Å². The molecule has 3 fully saturated rings. The summed E-state index contributed by atoms with van der Waals surface area (Å²) in [5, 5.41) is 6.41. The molecule has 3 aliphatic rings. The molecule has 0 unspecified atom stereocenters. The molecule has 2 aromatic carbocycles. The average Bonchev–Trinajstić information content (AvgIpc) is 3.43. The van der Waals surface area contributed by atoms with E-state index in [0.717, 1.165) is 36.2 Å². The van der Waals surface area contributed by atoms with Gasteiger partial charge in [-0.1, -0.05) is 107 Å². The Morgan fingerprint density at radius 1 is 0.778 bits per heavy atom. The van der Waals surface area contributed by atoms with Gasteiger partial charge >= 0.3 is 0 Å². The first-order valence-corrected chi connectivity index (χ1v) is 17.4. The third kappa shape index (κ3) is 6.40. The molecular formula is C31H44N2OP2. The fourth-order valence-corrected chi connectivity index (χ4v) is 13.6. The first kappa shape index (κ1) is 26.3. The van der Waals surface area contributed by atoms with Crippen LogP contribution in [-0.4, -0.2) is 53.7 Å². The third-order valence-electron chi connectivity index (χ3n) is 8.69. The van der Waals surface area contributed by atoms with E-state index in [1.54, 1.807) is 0 Å². The first-order valence-electron chi connectivity index (χ1n) is 14.3. The minimum atomic E-state index is -0.600. The summed E-state index contributed by atoms with van der Waals surface area (Å²) in [5.41, 5.74) is 2.65. The van der Waals surface area contributed by atoms with Gasteiger partial charge in [-0.25, -0.2) is 0 Å². The summed E-state index contributed by atoms with van der Waals surface area (Å²) < 4.78 is 0. The van der Waals surface area contributed by atoms with E-state index in [9.17, 15) is 4.79 Å². The Morgan fingerprint density at radius 3 is 1.78 bits per heavy atom. The van der Waals surface area contributed by atoms with Crippen LogP contribution < -0.4 is 15.9 Å². The molecule has 2 atom stereocenters. The molecule has 0 aromatic heterocycles. The number of hydrogen-bond donors (Lipinski definition) is 1. The van der Waals surface area contributed by atoms with E-state index >= 15 is 0 Å². The van der Waals surface area contributed by atoms with Gasteiger partial charge in [-0.15, -0.1) is 0 Å². The second kappa shape index (κ2) is 13.0. The number of nitrogens with one attached hydrogen (secondary N) is 1. The van der Waals surface area contributed by atoms with Crippen molar-refractivity contribution >= 4 is 32.4 Å². The second-order valence-corrected chi connectivity index (χ2v) is 16.4. The molecule has 5 rings (SSSR count). The summed E-state index contributed by atoms with van der Waals surface area (Å²) in [6.07, 6.45) is 16.3. The Hall–Kier alpha value is -1.27. The summed E-state index contributed by atoms with van der Waals surface area (Å²) in [4.78, 5) is 15.8. The van der Waals surface area contributed by atoms with E-state index < -0.39 is 7.92 Å². The fourth-order valence-electron chi connectivity index (χ4n) is 6.86. The van der Waals surface area contributed by atoms with Crippen molar-refractivity contribution in [2.24, 2.45) is 0 Å². The van der Waals surface area contributed by atoms with Crippen LogP contribution in [-0.2, 0) is 4.79 Å². The van der Waals surface area contributed by atoms with E-state index in [1.807, 2.05) is 11.9 Å². The van der Waals surface area contributed by atoms with Crippen molar-refractivity contribution in [1.82, 2.24) is 10.2 Å². The van der Waals surface area contributed by atoms with Gasteiger partial charge in [0.25, 0.3) is 0 Å². The minimum Gasteiger partial charge on any atom is -0.340 e. The lowest BCUT2D eigenvalue weighted by atomic mass is 9.99. The van der Waals surface area contributed by atoms with Gasteiger partial charge in [0, 0.05) is 19.9 Å². The zero-order valence-electron chi connectivity index (χ0n) is 22.0. The molecule has 36 heavy (non-hydrogen) atoms. The summed E-state index contributed by atoms with van der Waals surface area (Å²) >= 11 is 0. The molecule has 194 valence electrons. The van der Waals surface area contributed by atoms with Gasteiger partial charge in [0.15, 0.2) is 0 Å². The van der Waals surface area contributed by atoms with Gasteiger partial charge in [0.1, 0.15) is 0 Å². The Labute approximate surface area is 221 Å². The Balaban J connectivity index is 1.27. The highest BCUT2D eigenvalue weighted by molar-refractivity contribution is 7.72. The highest BCUT2D eigenvalue weighted by Gasteiger charge is 2.41. The molecule has 1 N–H and O–H groups in total. The van der Waals surface area contributed by atoms with Gasteiger partial charge in [-0.3, -0.25) is 4.79 Å². The minimum absolute atomic E-state index is 0.000535. The monoisotopic (exact) mass is 522 g/mol. The van der Waals surface area contributed by atoms with Crippen LogP contribution in [0.1, 0.15) is 70.6 Å². The number of likely N-dealkylation sites (N-methyl/N-ethyl adjacent to an activating group) is 1. The average molecular weight is 523 g/mol. The molecule has 5 heteroatoms. The lowest BCUT2D eigenvalue weighted by molar-refractivity contribution is -0.130. The molecule has 0 bridgehead atoms. The molecule has 1 aliphatic heterocycles. The van der Waals surface area contributed by atoms with E-state index in [-0.39, 0.29) is 14.0 Å². The van der Waals surface area contributed by atoms with Crippen molar-refractivity contribution in [3.8, 4) is 0 Å². The molecule has 1 amide bonds. The van der Waals surface area contributed by atoms with E-state index in [1.165, 1.54) is 74.8 Å². The summed E-state index contributed by atoms with van der Waals surface area (Å²) in [6, 6.07) is 21.5. The quantitative estimate of drug-likeness (QED) is 0.406. The van der Waals surface area contributed by atoms with Crippen LogP contribution in [0, 0.1) is 0 Å². The van der Waals surface area contributed by atoms with E-state index in [0.29, 0.717) is 5.91 Å². The SMILES string of the molecule is CN(CP(c1ccccc1)c1ccccc1)C(=O)[C@H]1C[C@@H](P(C2CCCCC2)C2CCCCC2)CN1. The molecule has 2 aliphatic carbocycles. The molecular weight excluding hydrogens is 478 g/mol. The number of hydrogen-bond acceptors (Lipinski definition) is 2. The highest BCUT2D eigenvalue weighted by atomic mass is 31.1. The van der Waals surface area contributed by atoms with Crippen molar-refractivity contribution in [3.63, 3.8) is 0 Å². The van der Waals surface area contributed by atoms with Crippen molar-refractivity contribution < 1.29 is 4.79 Å². The van der Waals surface area contributed by atoms with Crippen LogP contribution in [0.4, 0.5) is 0 Å². The fraction of sp³-hybridized carbons (Fsp3) is 0.581. The predicted octanol–water partition coefficient (Wildman–Crippen LogP) is 6.41.